The molecule has 108 valence electrons. The van der Waals surface area contributed by atoms with E-state index in [1.807, 2.05) is 6.92 Å². The monoisotopic (exact) mass is 278 g/mol. The molecule has 0 radical (unpaired) electrons. The maximum Gasteiger partial charge on any atom is 0.328 e. The Balaban J connectivity index is 2.86. The molecule has 0 saturated heterocycles. The van der Waals surface area contributed by atoms with Gasteiger partial charge in [0.05, 0.1) is 5.69 Å². The molecule has 1 atom stereocenters. The van der Waals surface area contributed by atoms with Gasteiger partial charge >= 0.3 is 5.97 Å². The van der Waals surface area contributed by atoms with E-state index >= 15 is 0 Å². The van der Waals surface area contributed by atoms with Crippen LogP contribution in [0.5, 0.6) is 0 Å². The zero-order chi connectivity index (χ0) is 15.2. The summed E-state index contributed by atoms with van der Waals surface area (Å²) in [5.74, 6) is -1.01. The average Bonchev–Trinajstić information content (AvgIpc) is 2.44. The van der Waals surface area contributed by atoms with Crippen molar-refractivity contribution in [3.05, 3.63) is 30.0 Å². The number of hydrogen-bond acceptors (Lipinski definition) is 4. The Morgan fingerprint density at radius 1 is 1.50 bits per heavy atom. The van der Waals surface area contributed by atoms with Gasteiger partial charge in [-0.1, -0.05) is 13.0 Å². The number of nitrogens with one attached hydrogen (secondary N) is 1. The number of ether oxygens (including phenoxy) is 1. The second-order valence-electron chi connectivity index (χ2n) is 4.36. The van der Waals surface area contributed by atoms with Gasteiger partial charge < -0.3 is 15.2 Å². The Kier molecular flexibility index (Phi) is 5.40. The summed E-state index contributed by atoms with van der Waals surface area (Å²) < 4.78 is 5.20. The maximum atomic E-state index is 12.1. The zero-order valence-electron chi connectivity index (χ0n) is 11.7. The molecule has 1 rings (SSSR count). The lowest BCUT2D eigenvalue weighted by molar-refractivity contribution is -0.136. The van der Waals surface area contributed by atoms with Crippen LogP contribution in [0.1, 0.15) is 26.0 Å². The summed E-state index contributed by atoms with van der Waals surface area (Å²) in [4.78, 5) is 26.7. The number of carbonyl (C=O) groups is 2. The number of pyridine rings is 1. The van der Waals surface area contributed by atoms with Crippen molar-refractivity contribution in [3.8, 4) is 0 Å². The summed E-state index contributed by atoms with van der Waals surface area (Å²) in [6, 6.07) is 4.95. The second kappa shape index (κ2) is 6.81. The molecule has 2 N–H and O–H groups in total. The molecule has 0 fully saturated rings. The fourth-order valence-electron chi connectivity index (χ4n) is 1.42. The van der Waals surface area contributed by atoms with E-state index < -0.39 is 11.6 Å². The van der Waals surface area contributed by atoms with Crippen LogP contribution in [-0.4, -0.2) is 34.7 Å². The third kappa shape index (κ3) is 4.17. The number of anilines is 1. The molecule has 0 aliphatic heterocycles. The fraction of sp³-hybridized carbons (Fsp3) is 0.357. The highest BCUT2D eigenvalue weighted by Crippen LogP contribution is 2.17. The van der Waals surface area contributed by atoms with Crippen LogP contribution >= 0.6 is 0 Å². The highest BCUT2D eigenvalue weighted by molar-refractivity contribution is 5.96. The minimum absolute atomic E-state index is 0.297. The lowest BCUT2D eigenvalue weighted by atomic mass is 10.0. The molecule has 1 heterocycles. The molecule has 1 amide bonds. The van der Waals surface area contributed by atoms with E-state index in [4.69, 9.17) is 9.84 Å². The summed E-state index contributed by atoms with van der Waals surface area (Å²) in [5.41, 5.74) is -0.477. The number of aliphatic carboxylic acids is 1. The lowest BCUT2D eigenvalue weighted by Gasteiger charge is -2.24. The Morgan fingerprint density at radius 2 is 2.20 bits per heavy atom. The van der Waals surface area contributed by atoms with E-state index in [9.17, 15) is 9.59 Å². The molecular formula is C14H18N2O4. The van der Waals surface area contributed by atoms with Gasteiger partial charge in [-0.05, 0) is 31.6 Å². The number of nitrogens with zero attached hydrogens (tertiary/aromatic N) is 1. The molecule has 0 aliphatic rings. The fourth-order valence-corrected chi connectivity index (χ4v) is 1.42. The normalized spacial score (nSPS) is 13.9. The summed E-state index contributed by atoms with van der Waals surface area (Å²) >= 11 is 0. The zero-order valence-corrected chi connectivity index (χ0v) is 11.7. The van der Waals surface area contributed by atoms with E-state index in [1.54, 1.807) is 25.1 Å². The topological polar surface area (TPSA) is 88.5 Å². The van der Waals surface area contributed by atoms with Crippen molar-refractivity contribution in [2.75, 3.05) is 12.4 Å². The molecule has 6 nitrogen and oxygen atoms in total. The van der Waals surface area contributed by atoms with Crippen molar-refractivity contribution in [2.24, 2.45) is 0 Å². The summed E-state index contributed by atoms with van der Waals surface area (Å²) in [7, 11) is 1.47. The SMILES string of the molecule is CCC(C)(OC)C(=O)Nc1cccc(/C=C/C(=O)O)n1. The van der Waals surface area contributed by atoms with Gasteiger partial charge in [-0.25, -0.2) is 9.78 Å². The van der Waals surface area contributed by atoms with Crippen molar-refractivity contribution < 1.29 is 19.4 Å². The van der Waals surface area contributed by atoms with E-state index in [0.29, 0.717) is 17.9 Å². The third-order valence-corrected chi connectivity index (χ3v) is 3.01. The van der Waals surface area contributed by atoms with Crippen LogP contribution < -0.4 is 5.32 Å². The van der Waals surface area contributed by atoms with E-state index in [-0.39, 0.29) is 5.91 Å². The Hall–Kier alpha value is -2.21. The molecule has 1 aromatic rings. The Morgan fingerprint density at radius 3 is 2.75 bits per heavy atom. The summed E-state index contributed by atoms with van der Waals surface area (Å²) in [6.07, 6.45) is 2.86. The first-order valence-corrected chi connectivity index (χ1v) is 6.16. The van der Waals surface area contributed by atoms with Gasteiger partial charge in [-0.3, -0.25) is 4.79 Å². The van der Waals surface area contributed by atoms with Crippen molar-refractivity contribution in [3.63, 3.8) is 0 Å². The van der Waals surface area contributed by atoms with Crippen molar-refractivity contribution in [1.82, 2.24) is 4.98 Å². The van der Waals surface area contributed by atoms with E-state index in [1.165, 1.54) is 13.2 Å². The second-order valence-corrected chi connectivity index (χ2v) is 4.36. The number of carbonyl (C=O) groups excluding carboxylic acids is 1. The Bertz CT molecular complexity index is 522. The number of methoxy groups -OCH3 is 1. The number of hydrogen-bond donors (Lipinski definition) is 2. The third-order valence-electron chi connectivity index (χ3n) is 3.01. The smallest absolute Gasteiger partial charge is 0.328 e. The molecule has 0 aromatic carbocycles. The highest BCUT2D eigenvalue weighted by Gasteiger charge is 2.31. The van der Waals surface area contributed by atoms with Crippen molar-refractivity contribution in [2.45, 2.75) is 25.9 Å². The van der Waals surface area contributed by atoms with Crippen LogP contribution in [0.4, 0.5) is 5.82 Å². The Labute approximate surface area is 117 Å². The first-order chi connectivity index (χ1) is 9.41. The van der Waals surface area contributed by atoms with Crippen LogP contribution in [0.3, 0.4) is 0 Å². The van der Waals surface area contributed by atoms with Gasteiger partial charge in [0, 0.05) is 13.2 Å². The number of carboxylic acid groups (broad SMARTS) is 1. The van der Waals surface area contributed by atoms with Gasteiger partial charge in [0.15, 0.2) is 0 Å². The maximum absolute atomic E-state index is 12.1. The highest BCUT2D eigenvalue weighted by atomic mass is 16.5. The summed E-state index contributed by atoms with van der Waals surface area (Å²) in [6.45, 7) is 3.54. The lowest BCUT2D eigenvalue weighted by Crippen LogP contribution is -2.41. The summed E-state index contributed by atoms with van der Waals surface area (Å²) in [5, 5.41) is 11.2. The van der Waals surface area contributed by atoms with Gasteiger partial charge in [0.1, 0.15) is 11.4 Å². The number of rotatable bonds is 6. The van der Waals surface area contributed by atoms with Crippen LogP contribution in [0.25, 0.3) is 6.08 Å². The van der Waals surface area contributed by atoms with Gasteiger partial charge in [0.25, 0.3) is 5.91 Å². The van der Waals surface area contributed by atoms with Crippen LogP contribution in [0.15, 0.2) is 24.3 Å². The van der Waals surface area contributed by atoms with Gasteiger partial charge in [0.2, 0.25) is 0 Å². The largest absolute Gasteiger partial charge is 0.478 e. The molecule has 0 saturated carbocycles. The molecular weight excluding hydrogens is 260 g/mol. The van der Waals surface area contributed by atoms with E-state index in [0.717, 1.165) is 6.08 Å². The predicted octanol–water partition coefficient (Wildman–Crippen LogP) is 1.93. The van der Waals surface area contributed by atoms with Gasteiger partial charge in [-0.15, -0.1) is 0 Å². The van der Waals surface area contributed by atoms with E-state index in [2.05, 4.69) is 10.3 Å². The molecule has 0 bridgehead atoms. The molecule has 6 heteroatoms. The van der Waals surface area contributed by atoms with Crippen molar-refractivity contribution in [1.29, 1.82) is 0 Å². The standard InChI is InChI=1S/C14H18N2O4/c1-4-14(2,20-3)13(19)16-11-7-5-6-10(15-11)8-9-12(17)18/h5-9H,4H2,1-3H3,(H,17,18)(H,15,16,19)/b9-8+. The minimum atomic E-state index is -1.06. The number of aromatic nitrogens is 1. The molecule has 0 aliphatic carbocycles. The van der Waals surface area contributed by atoms with Crippen molar-refractivity contribution >= 4 is 23.8 Å². The molecule has 1 aromatic heterocycles. The molecule has 20 heavy (non-hydrogen) atoms. The number of carboxylic acids is 1. The van der Waals surface area contributed by atoms with Gasteiger partial charge in [-0.2, -0.15) is 0 Å². The first-order valence-electron chi connectivity index (χ1n) is 6.16. The molecule has 0 spiro atoms. The predicted molar refractivity (Wildman–Crippen MR) is 75.2 cm³/mol. The van der Waals surface area contributed by atoms with Crippen LogP contribution in [0.2, 0.25) is 0 Å². The molecule has 1 unspecified atom stereocenters. The number of amides is 1. The minimum Gasteiger partial charge on any atom is -0.478 e. The first kappa shape index (κ1) is 15.8. The van der Waals surface area contributed by atoms with Crippen LogP contribution in [-0.2, 0) is 14.3 Å². The average molecular weight is 278 g/mol. The van der Waals surface area contributed by atoms with Crippen LogP contribution in [0, 0.1) is 0 Å². The quantitative estimate of drug-likeness (QED) is 0.776.